The maximum absolute atomic E-state index is 14.3. The summed E-state index contributed by atoms with van der Waals surface area (Å²) in [6, 6.07) is 6.19. The Balaban J connectivity index is 1.86. The Kier molecular flexibility index (Phi) is 6.03. The fourth-order valence-corrected chi connectivity index (χ4v) is 2.76. The highest BCUT2D eigenvalue weighted by Crippen LogP contribution is 2.28. The van der Waals surface area contributed by atoms with Gasteiger partial charge in [-0.25, -0.2) is 9.37 Å². The molecule has 0 bridgehead atoms. The van der Waals surface area contributed by atoms with Crippen LogP contribution < -0.4 is 16.4 Å². The molecule has 3 rings (SSSR count). The van der Waals surface area contributed by atoms with Crippen LogP contribution in [0.15, 0.2) is 47.8 Å². The van der Waals surface area contributed by atoms with Gasteiger partial charge < -0.3 is 16.4 Å². The van der Waals surface area contributed by atoms with E-state index in [0.717, 1.165) is 0 Å². The summed E-state index contributed by atoms with van der Waals surface area (Å²) in [6.45, 7) is 7.08. The minimum atomic E-state index is -0.815. The molecule has 0 radical (unpaired) electrons. The van der Waals surface area contributed by atoms with Gasteiger partial charge in [0, 0.05) is 11.8 Å². The number of nitrogens with two attached hydrogens (primary N) is 1. The van der Waals surface area contributed by atoms with Gasteiger partial charge >= 0.3 is 0 Å². The Morgan fingerprint density at radius 3 is 2.77 bits per heavy atom. The van der Waals surface area contributed by atoms with E-state index in [1.54, 1.807) is 20.0 Å². The van der Waals surface area contributed by atoms with E-state index < -0.39 is 17.3 Å². The SMILES string of the molecule is C=C(C(N)=O)c1ccc(F)c(Nc2nc(Nc3cnn(C(C)(C)C#N)c3)ncc2Br)c1. The first-order chi connectivity index (χ1) is 14.6. The summed E-state index contributed by atoms with van der Waals surface area (Å²) in [5.41, 5.74) is 5.53. The number of hydrogen-bond donors (Lipinski definition) is 3. The molecule has 31 heavy (non-hydrogen) atoms. The Morgan fingerprint density at radius 1 is 1.35 bits per heavy atom. The van der Waals surface area contributed by atoms with Crippen molar-refractivity contribution in [2.45, 2.75) is 19.4 Å². The van der Waals surface area contributed by atoms with Gasteiger partial charge in [0.2, 0.25) is 11.9 Å². The molecule has 2 heterocycles. The standard InChI is InChI=1S/C20H18BrFN8O/c1-11(17(24)31)12-4-5-15(22)16(6-12)28-18-14(21)8-25-19(29-18)27-13-7-26-30(9-13)20(2,3)10-23/h4-9H,1H2,2-3H3,(H2,24,31)(H2,25,27,28,29). The number of amides is 1. The van der Waals surface area contributed by atoms with Crippen LogP contribution in [0.2, 0.25) is 0 Å². The zero-order valence-electron chi connectivity index (χ0n) is 16.6. The molecule has 0 spiro atoms. The largest absolute Gasteiger partial charge is 0.366 e. The first-order valence-electron chi connectivity index (χ1n) is 8.92. The smallest absolute Gasteiger partial charge is 0.248 e. The number of nitrogens with zero attached hydrogens (tertiary/aromatic N) is 5. The molecule has 0 aliphatic carbocycles. The van der Waals surface area contributed by atoms with Crippen molar-refractivity contribution in [1.82, 2.24) is 19.7 Å². The zero-order chi connectivity index (χ0) is 22.8. The number of nitriles is 1. The average molecular weight is 485 g/mol. The van der Waals surface area contributed by atoms with E-state index in [-0.39, 0.29) is 23.0 Å². The predicted molar refractivity (Wildman–Crippen MR) is 118 cm³/mol. The monoisotopic (exact) mass is 484 g/mol. The molecule has 0 unspecified atom stereocenters. The van der Waals surface area contributed by atoms with Crippen LogP contribution in [0.5, 0.6) is 0 Å². The third-order valence-corrected chi connectivity index (χ3v) is 4.87. The second-order valence-electron chi connectivity index (χ2n) is 7.02. The molecular weight excluding hydrogens is 467 g/mol. The number of nitrogens with one attached hydrogen (secondary N) is 2. The minimum Gasteiger partial charge on any atom is -0.366 e. The second-order valence-corrected chi connectivity index (χ2v) is 7.88. The number of hydrogen-bond acceptors (Lipinski definition) is 7. The third kappa shape index (κ3) is 4.87. The number of benzene rings is 1. The minimum absolute atomic E-state index is 0.0597. The van der Waals surface area contributed by atoms with Crippen LogP contribution in [0.4, 0.5) is 27.5 Å². The molecule has 1 aromatic carbocycles. The number of anilines is 4. The van der Waals surface area contributed by atoms with Gasteiger partial charge in [-0.2, -0.15) is 15.3 Å². The molecule has 0 aliphatic rings. The fourth-order valence-electron chi connectivity index (χ4n) is 2.47. The lowest BCUT2D eigenvalue weighted by Crippen LogP contribution is -2.24. The van der Waals surface area contributed by atoms with E-state index >= 15 is 0 Å². The van der Waals surface area contributed by atoms with Crippen LogP contribution in [-0.4, -0.2) is 25.7 Å². The Bertz CT molecular complexity index is 1210. The first-order valence-corrected chi connectivity index (χ1v) is 9.71. The van der Waals surface area contributed by atoms with Crippen molar-refractivity contribution in [1.29, 1.82) is 5.26 Å². The summed E-state index contributed by atoms with van der Waals surface area (Å²) < 4.78 is 16.3. The fraction of sp³-hybridized carbons (Fsp3) is 0.150. The normalized spacial score (nSPS) is 10.9. The average Bonchev–Trinajstić information content (AvgIpc) is 3.21. The third-order valence-electron chi connectivity index (χ3n) is 4.29. The summed E-state index contributed by atoms with van der Waals surface area (Å²) in [7, 11) is 0. The molecule has 3 aromatic rings. The van der Waals surface area contributed by atoms with Gasteiger partial charge in [0.15, 0.2) is 0 Å². The summed E-state index contributed by atoms with van der Waals surface area (Å²) in [5.74, 6) is -0.755. The van der Waals surface area contributed by atoms with E-state index in [0.29, 0.717) is 15.7 Å². The Labute approximate surface area is 185 Å². The van der Waals surface area contributed by atoms with Crippen LogP contribution in [-0.2, 0) is 10.3 Å². The number of halogens is 2. The summed E-state index contributed by atoms with van der Waals surface area (Å²) in [6.07, 6.45) is 4.68. The highest BCUT2D eigenvalue weighted by Gasteiger charge is 2.20. The van der Waals surface area contributed by atoms with E-state index in [9.17, 15) is 14.4 Å². The van der Waals surface area contributed by atoms with E-state index in [2.05, 4.69) is 54.3 Å². The summed E-state index contributed by atoms with van der Waals surface area (Å²) in [4.78, 5) is 19.9. The van der Waals surface area contributed by atoms with Gasteiger partial charge in [0.1, 0.15) is 17.2 Å². The molecule has 11 heteroatoms. The zero-order valence-corrected chi connectivity index (χ0v) is 18.2. The molecule has 9 nitrogen and oxygen atoms in total. The maximum Gasteiger partial charge on any atom is 0.248 e. The van der Waals surface area contributed by atoms with Crippen molar-refractivity contribution in [3.63, 3.8) is 0 Å². The van der Waals surface area contributed by atoms with Crippen molar-refractivity contribution in [3.8, 4) is 6.07 Å². The van der Waals surface area contributed by atoms with Crippen LogP contribution >= 0.6 is 15.9 Å². The maximum atomic E-state index is 14.3. The van der Waals surface area contributed by atoms with Gasteiger partial charge in [-0.3, -0.25) is 9.48 Å². The van der Waals surface area contributed by atoms with Crippen molar-refractivity contribution in [2.75, 3.05) is 10.6 Å². The molecule has 4 N–H and O–H groups in total. The van der Waals surface area contributed by atoms with Crippen LogP contribution in [0.3, 0.4) is 0 Å². The number of carbonyl (C=O) groups is 1. The van der Waals surface area contributed by atoms with Crippen molar-refractivity contribution in [3.05, 3.63) is 59.2 Å². The van der Waals surface area contributed by atoms with Gasteiger partial charge in [0.05, 0.1) is 34.3 Å². The lowest BCUT2D eigenvalue weighted by atomic mass is 10.1. The highest BCUT2D eigenvalue weighted by atomic mass is 79.9. The molecule has 0 fully saturated rings. The highest BCUT2D eigenvalue weighted by molar-refractivity contribution is 9.10. The van der Waals surface area contributed by atoms with Crippen molar-refractivity contribution < 1.29 is 9.18 Å². The molecule has 0 aliphatic heterocycles. The van der Waals surface area contributed by atoms with Gasteiger partial charge in [0.25, 0.3) is 0 Å². The molecule has 0 atom stereocenters. The lowest BCUT2D eigenvalue weighted by Gasteiger charge is -2.15. The topological polar surface area (TPSA) is 135 Å². The molecule has 1 amide bonds. The van der Waals surface area contributed by atoms with E-state index in [1.807, 2.05) is 0 Å². The number of carbonyl (C=O) groups excluding carboxylic acids is 1. The van der Waals surface area contributed by atoms with E-state index in [1.165, 1.54) is 35.3 Å². The van der Waals surface area contributed by atoms with Gasteiger partial charge in [-0.1, -0.05) is 12.6 Å². The quantitative estimate of drug-likeness (QED) is 0.433. The number of primary amides is 1. The van der Waals surface area contributed by atoms with Crippen LogP contribution in [0, 0.1) is 17.1 Å². The van der Waals surface area contributed by atoms with Crippen LogP contribution in [0.25, 0.3) is 5.57 Å². The molecule has 158 valence electrons. The summed E-state index contributed by atoms with van der Waals surface area (Å²) in [5, 5.41) is 19.3. The second kappa shape index (κ2) is 8.53. The Morgan fingerprint density at radius 2 is 2.10 bits per heavy atom. The van der Waals surface area contributed by atoms with Gasteiger partial charge in [-0.15, -0.1) is 0 Å². The van der Waals surface area contributed by atoms with Crippen molar-refractivity contribution in [2.24, 2.45) is 5.73 Å². The summed E-state index contributed by atoms with van der Waals surface area (Å²) >= 11 is 3.33. The predicted octanol–water partition coefficient (Wildman–Crippen LogP) is 3.82. The Hall–Kier alpha value is -3.78. The number of rotatable bonds is 7. The van der Waals surface area contributed by atoms with Crippen molar-refractivity contribution >= 4 is 50.6 Å². The van der Waals surface area contributed by atoms with Gasteiger partial charge in [-0.05, 0) is 47.5 Å². The lowest BCUT2D eigenvalue weighted by molar-refractivity contribution is -0.112. The van der Waals surface area contributed by atoms with E-state index in [4.69, 9.17) is 5.73 Å². The number of aromatic nitrogens is 4. The molecular formula is C20H18BrFN8O. The molecule has 0 saturated carbocycles. The first kappa shape index (κ1) is 21.9. The molecule has 2 aromatic heterocycles. The molecule has 0 saturated heterocycles. The van der Waals surface area contributed by atoms with Crippen LogP contribution in [0.1, 0.15) is 19.4 Å².